The van der Waals surface area contributed by atoms with Crippen LogP contribution in [0, 0.1) is 6.92 Å². The van der Waals surface area contributed by atoms with E-state index in [1.165, 1.54) is 5.56 Å². The van der Waals surface area contributed by atoms with Crippen LogP contribution in [0.25, 0.3) is 0 Å². The van der Waals surface area contributed by atoms with E-state index in [0.29, 0.717) is 6.42 Å². The highest BCUT2D eigenvalue weighted by Crippen LogP contribution is 2.15. The Kier molecular flexibility index (Phi) is 4.31. The fourth-order valence-corrected chi connectivity index (χ4v) is 1.64. The molecule has 1 rings (SSSR count). The molecule has 1 aromatic rings. The van der Waals surface area contributed by atoms with Gasteiger partial charge in [0.25, 0.3) is 0 Å². The van der Waals surface area contributed by atoms with Gasteiger partial charge < -0.3 is 16.6 Å². The Hall–Kier alpha value is -1.55. The molecule has 1 unspecified atom stereocenters. The summed E-state index contributed by atoms with van der Waals surface area (Å²) in [5.41, 5.74) is 14.2. The molecular weight excluding hydrogens is 204 g/mol. The number of anilines is 1. The quantitative estimate of drug-likeness (QED) is 0.655. The molecule has 0 spiro atoms. The van der Waals surface area contributed by atoms with Crippen molar-refractivity contribution in [2.24, 2.45) is 5.73 Å². The SMILES string of the molecule is Cc1cc(N)ccc1CCCC(N)C(=O)O. The highest BCUT2D eigenvalue weighted by molar-refractivity contribution is 5.72. The number of rotatable bonds is 5. The molecule has 16 heavy (non-hydrogen) atoms. The Morgan fingerprint density at radius 2 is 2.19 bits per heavy atom. The van der Waals surface area contributed by atoms with E-state index < -0.39 is 12.0 Å². The van der Waals surface area contributed by atoms with Crippen LogP contribution in [0.1, 0.15) is 24.0 Å². The lowest BCUT2D eigenvalue weighted by atomic mass is 10.0. The zero-order chi connectivity index (χ0) is 12.1. The molecule has 0 saturated heterocycles. The first-order valence-electron chi connectivity index (χ1n) is 5.34. The maximum absolute atomic E-state index is 10.5. The standard InChI is InChI=1S/C12H18N2O2/c1-8-7-10(13)6-5-9(8)3-2-4-11(14)12(15)16/h5-7,11H,2-4,13-14H2,1H3,(H,15,16). The maximum atomic E-state index is 10.5. The van der Waals surface area contributed by atoms with E-state index in [9.17, 15) is 4.79 Å². The summed E-state index contributed by atoms with van der Waals surface area (Å²) >= 11 is 0. The number of carboxylic acid groups (broad SMARTS) is 1. The summed E-state index contributed by atoms with van der Waals surface area (Å²) in [4.78, 5) is 10.5. The zero-order valence-electron chi connectivity index (χ0n) is 9.44. The van der Waals surface area contributed by atoms with Gasteiger partial charge in [0.05, 0.1) is 0 Å². The van der Waals surface area contributed by atoms with E-state index in [0.717, 1.165) is 24.1 Å². The van der Waals surface area contributed by atoms with E-state index in [1.54, 1.807) is 0 Å². The molecule has 0 saturated carbocycles. The minimum Gasteiger partial charge on any atom is -0.480 e. The lowest BCUT2D eigenvalue weighted by Crippen LogP contribution is -2.29. The van der Waals surface area contributed by atoms with Gasteiger partial charge in [-0.1, -0.05) is 6.07 Å². The van der Waals surface area contributed by atoms with Gasteiger partial charge in [-0.2, -0.15) is 0 Å². The number of hydrogen-bond acceptors (Lipinski definition) is 3. The van der Waals surface area contributed by atoms with E-state index in [4.69, 9.17) is 16.6 Å². The fourth-order valence-electron chi connectivity index (χ4n) is 1.64. The Bertz CT molecular complexity index is 377. The molecule has 0 radical (unpaired) electrons. The van der Waals surface area contributed by atoms with Gasteiger partial charge in [-0.15, -0.1) is 0 Å². The minimum absolute atomic E-state index is 0.499. The molecule has 1 atom stereocenters. The highest BCUT2D eigenvalue weighted by Gasteiger charge is 2.10. The number of hydrogen-bond donors (Lipinski definition) is 3. The van der Waals surface area contributed by atoms with Crippen LogP contribution in [-0.2, 0) is 11.2 Å². The Labute approximate surface area is 95.3 Å². The molecule has 88 valence electrons. The van der Waals surface area contributed by atoms with Gasteiger partial charge in [-0.25, -0.2) is 0 Å². The molecule has 4 heteroatoms. The van der Waals surface area contributed by atoms with Gasteiger partial charge in [-0.05, 0) is 49.4 Å². The van der Waals surface area contributed by atoms with E-state index in [-0.39, 0.29) is 0 Å². The fraction of sp³-hybridized carbons (Fsp3) is 0.417. The Balaban J connectivity index is 2.46. The number of nitrogen functional groups attached to an aromatic ring is 1. The number of carboxylic acids is 1. The molecule has 0 aromatic heterocycles. The van der Waals surface area contributed by atoms with Crippen molar-refractivity contribution in [2.75, 3.05) is 5.73 Å². The number of carbonyl (C=O) groups is 1. The second kappa shape index (κ2) is 5.51. The van der Waals surface area contributed by atoms with Gasteiger partial charge in [0, 0.05) is 5.69 Å². The van der Waals surface area contributed by atoms with Crippen molar-refractivity contribution in [3.8, 4) is 0 Å². The van der Waals surface area contributed by atoms with Crippen LogP contribution in [0.5, 0.6) is 0 Å². The molecule has 1 aromatic carbocycles. The first-order chi connectivity index (χ1) is 7.50. The van der Waals surface area contributed by atoms with Gasteiger partial charge in [-0.3, -0.25) is 4.79 Å². The minimum atomic E-state index is -0.936. The lowest BCUT2D eigenvalue weighted by molar-refractivity contribution is -0.138. The second-order valence-corrected chi connectivity index (χ2v) is 4.02. The first kappa shape index (κ1) is 12.5. The molecule has 5 N–H and O–H groups in total. The third kappa shape index (κ3) is 3.55. The molecule has 0 aliphatic carbocycles. The number of aryl methyl sites for hydroxylation is 2. The van der Waals surface area contributed by atoms with Crippen LogP contribution in [0.3, 0.4) is 0 Å². The predicted molar refractivity (Wildman–Crippen MR) is 64.1 cm³/mol. The smallest absolute Gasteiger partial charge is 0.320 e. The molecule has 0 heterocycles. The molecule has 0 bridgehead atoms. The van der Waals surface area contributed by atoms with Crippen molar-refractivity contribution >= 4 is 11.7 Å². The summed E-state index contributed by atoms with van der Waals surface area (Å²) in [5.74, 6) is -0.936. The maximum Gasteiger partial charge on any atom is 0.320 e. The van der Waals surface area contributed by atoms with Crippen LogP contribution in [0.4, 0.5) is 5.69 Å². The lowest BCUT2D eigenvalue weighted by Gasteiger charge is -2.08. The average Bonchev–Trinajstić information content (AvgIpc) is 2.20. The van der Waals surface area contributed by atoms with Crippen LogP contribution in [-0.4, -0.2) is 17.1 Å². The third-order valence-electron chi connectivity index (χ3n) is 2.65. The van der Waals surface area contributed by atoms with Crippen molar-refractivity contribution in [1.29, 1.82) is 0 Å². The zero-order valence-corrected chi connectivity index (χ0v) is 9.44. The first-order valence-corrected chi connectivity index (χ1v) is 5.34. The van der Waals surface area contributed by atoms with Crippen LogP contribution >= 0.6 is 0 Å². The Morgan fingerprint density at radius 1 is 1.50 bits per heavy atom. The summed E-state index contributed by atoms with van der Waals surface area (Å²) < 4.78 is 0. The Morgan fingerprint density at radius 3 is 2.75 bits per heavy atom. The average molecular weight is 222 g/mol. The molecule has 0 aliphatic rings. The van der Waals surface area contributed by atoms with Gasteiger partial charge in [0.1, 0.15) is 6.04 Å². The van der Waals surface area contributed by atoms with E-state index in [1.807, 2.05) is 25.1 Å². The molecule has 0 aliphatic heterocycles. The van der Waals surface area contributed by atoms with Crippen molar-refractivity contribution in [1.82, 2.24) is 0 Å². The highest BCUT2D eigenvalue weighted by atomic mass is 16.4. The van der Waals surface area contributed by atoms with Crippen LogP contribution < -0.4 is 11.5 Å². The topological polar surface area (TPSA) is 89.3 Å². The van der Waals surface area contributed by atoms with E-state index >= 15 is 0 Å². The third-order valence-corrected chi connectivity index (χ3v) is 2.65. The molecule has 0 fully saturated rings. The van der Waals surface area contributed by atoms with Gasteiger partial charge >= 0.3 is 5.97 Å². The largest absolute Gasteiger partial charge is 0.480 e. The number of aliphatic carboxylic acids is 1. The van der Waals surface area contributed by atoms with Crippen LogP contribution in [0.15, 0.2) is 18.2 Å². The summed E-state index contributed by atoms with van der Waals surface area (Å²) in [6, 6.07) is 5.01. The number of benzene rings is 1. The summed E-state index contributed by atoms with van der Waals surface area (Å²) in [7, 11) is 0. The van der Waals surface area contributed by atoms with Gasteiger partial charge in [0.2, 0.25) is 0 Å². The summed E-state index contributed by atoms with van der Waals surface area (Å²) in [6.07, 6.45) is 2.12. The molecule has 4 nitrogen and oxygen atoms in total. The van der Waals surface area contributed by atoms with Crippen LogP contribution in [0.2, 0.25) is 0 Å². The van der Waals surface area contributed by atoms with Crippen molar-refractivity contribution < 1.29 is 9.90 Å². The predicted octanol–water partition coefficient (Wildman–Crippen LogP) is 1.31. The normalized spacial score (nSPS) is 12.4. The molecular formula is C12H18N2O2. The van der Waals surface area contributed by atoms with Crippen molar-refractivity contribution in [3.05, 3.63) is 29.3 Å². The second-order valence-electron chi connectivity index (χ2n) is 4.02. The van der Waals surface area contributed by atoms with Crippen molar-refractivity contribution in [3.63, 3.8) is 0 Å². The summed E-state index contributed by atoms with van der Waals surface area (Å²) in [5, 5.41) is 8.63. The van der Waals surface area contributed by atoms with E-state index in [2.05, 4.69) is 0 Å². The van der Waals surface area contributed by atoms with Gasteiger partial charge in [0.15, 0.2) is 0 Å². The number of nitrogens with two attached hydrogens (primary N) is 2. The molecule has 0 amide bonds. The summed E-state index contributed by atoms with van der Waals surface area (Å²) in [6.45, 7) is 2.00. The van der Waals surface area contributed by atoms with Crippen molar-refractivity contribution in [2.45, 2.75) is 32.2 Å². The monoisotopic (exact) mass is 222 g/mol.